The van der Waals surface area contributed by atoms with Crippen LogP contribution in [0.3, 0.4) is 0 Å². The van der Waals surface area contributed by atoms with Crippen molar-refractivity contribution in [3.63, 3.8) is 0 Å². The minimum absolute atomic E-state index is 0.0143. The average Bonchev–Trinajstić information content (AvgIpc) is 2.75. The number of hydrogen-bond donors (Lipinski definition) is 0. The second-order valence-corrected chi connectivity index (χ2v) is 7.13. The molecule has 2 aliphatic rings. The highest BCUT2D eigenvalue weighted by atomic mass is 19.1. The second-order valence-electron chi connectivity index (χ2n) is 7.13. The molecular weight excluding hydrogens is 361 g/mol. The van der Waals surface area contributed by atoms with Gasteiger partial charge in [0.25, 0.3) is 5.91 Å². The summed E-state index contributed by atoms with van der Waals surface area (Å²) in [7, 11) is 0. The molecule has 0 aromatic carbocycles. The molecule has 28 heavy (non-hydrogen) atoms. The number of halogens is 1. The van der Waals surface area contributed by atoms with E-state index in [4.69, 9.17) is 4.74 Å². The topological polar surface area (TPSA) is 61.8 Å². The number of hydrogen-bond acceptors (Lipinski definition) is 6. The maximum atomic E-state index is 13.1. The fourth-order valence-electron chi connectivity index (χ4n) is 3.69. The summed E-state index contributed by atoms with van der Waals surface area (Å²) in [6.07, 6.45) is 2.88. The Hall–Kier alpha value is -2.74. The van der Waals surface area contributed by atoms with Crippen LogP contribution < -0.4 is 9.80 Å². The van der Waals surface area contributed by atoms with Crippen molar-refractivity contribution < 1.29 is 13.9 Å². The largest absolute Gasteiger partial charge is 0.378 e. The summed E-state index contributed by atoms with van der Waals surface area (Å²) in [5.41, 5.74) is 0.595. The first-order chi connectivity index (χ1) is 13.6. The molecule has 2 saturated heterocycles. The van der Waals surface area contributed by atoms with Crippen LogP contribution in [0.4, 0.5) is 16.0 Å². The number of rotatable bonds is 3. The molecule has 2 fully saturated rings. The molecule has 2 aromatic rings. The predicted octanol–water partition coefficient (Wildman–Crippen LogP) is 1.80. The fourth-order valence-corrected chi connectivity index (χ4v) is 3.69. The summed E-state index contributed by atoms with van der Waals surface area (Å²) in [6, 6.07) is 6.93. The van der Waals surface area contributed by atoms with Gasteiger partial charge in [-0.05, 0) is 31.2 Å². The zero-order chi connectivity index (χ0) is 19.5. The average molecular weight is 385 g/mol. The monoisotopic (exact) mass is 385 g/mol. The third-order valence-corrected chi connectivity index (χ3v) is 5.25. The van der Waals surface area contributed by atoms with Crippen molar-refractivity contribution in [2.45, 2.75) is 13.0 Å². The van der Waals surface area contributed by atoms with Gasteiger partial charge in [-0.3, -0.25) is 4.79 Å². The summed E-state index contributed by atoms with van der Waals surface area (Å²) in [5.74, 6) is 1.25. The van der Waals surface area contributed by atoms with Crippen LogP contribution in [0.15, 0.2) is 36.7 Å². The number of ether oxygens (including phenoxy) is 1. The number of carbonyl (C=O) groups excluding carboxylic acids is 1. The lowest BCUT2D eigenvalue weighted by Gasteiger charge is -2.40. The molecule has 2 aromatic heterocycles. The minimum Gasteiger partial charge on any atom is -0.378 e. The number of pyridine rings is 2. The Balaban J connectivity index is 1.39. The van der Waals surface area contributed by atoms with Crippen LogP contribution in [0.1, 0.15) is 17.3 Å². The molecule has 7 nitrogen and oxygen atoms in total. The second kappa shape index (κ2) is 8.10. The van der Waals surface area contributed by atoms with Gasteiger partial charge in [0.05, 0.1) is 25.0 Å². The van der Waals surface area contributed by atoms with Gasteiger partial charge in [-0.25, -0.2) is 14.4 Å². The Morgan fingerprint density at radius 1 is 1.04 bits per heavy atom. The van der Waals surface area contributed by atoms with Crippen LogP contribution in [0.2, 0.25) is 0 Å². The Morgan fingerprint density at radius 3 is 2.43 bits per heavy atom. The molecule has 4 rings (SSSR count). The maximum absolute atomic E-state index is 13.1. The van der Waals surface area contributed by atoms with E-state index in [9.17, 15) is 9.18 Å². The normalized spacial score (nSPS) is 20.4. The van der Waals surface area contributed by atoms with Crippen LogP contribution in [0.25, 0.3) is 0 Å². The minimum atomic E-state index is -0.349. The van der Waals surface area contributed by atoms with Crippen molar-refractivity contribution in [1.82, 2.24) is 14.9 Å². The van der Waals surface area contributed by atoms with E-state index in [-0.39, 0.29) is 17.8 Å². The molecular formula is C20H24FN5O2. The van der Waals surface area contributed by atoms with Crippen LogP contribution in [-0.2, 0) is 4.74 Å². The van der Waals surface area contributed by atoms with Gasteiger partial charge in [0.2, 0.25) is 0 Å². The van der Waals surface area contributed by atoms with E-state index < -0.39 is 0 Å². The highest BCUT2D eigenvalue weighted by molar-refractivity contribution is 5.94. The smallest absolute Gasteiger partial charge is 0.255 e. The van der Waals surface area contributed by atoms with Crippen molar-refractivity contribution in [2.75, 3.05) is 55.7 Å². The highest BCUT2D eigenvalue weighted by Gasteiger charge is 2.28. The van der Waals surface area contributed by atoms with E-state index in [1.165, 1.54) is 12.3 Å². The molecule has 0 saturated carbocycles. The Labute approximate surface area is 163 Å². The fraction of sp³-hybridized carbons (Fsp3) is 0.450. The number of anilines is 2. The number of morpholine rings is 1. The molecule has 1 unspecified atom stereocenters. The molecule has 1 atom stereocenters. The van der Waals surface area contributed by atoms with Crippen molar-refractivity contribution in [1.29, 1.82) is 0 Å². The standard InChI is InChI=1S/C20H24FN5O2/c1-15-14-25(6-7-26(15)19-5-3-17(21)13-23-19)20(27)16-2-4-18(22-12-16)24-8-10-28-11-9-24/h2-5,12-13,15H,6-11,14H2,1H3. The number of amides is 1. The van der Waals surface area contributed by atoms with Gasteiger partial charge in [0.15, 0.2) is 0 Å². The Morgan fingerprint density at radius 2 is 1.79 bits per heavy atom. The van der Waals surface area contributed by atoms with Crippen molar-refractivity contribution in [3.05, 3.63) is 48.0 Å². The number of carbonyl (C=O) groups is 1. The van der Waals surface area contributed by atoms with E-state index in [0.29, 0.717) is 38.4 Å². The molecule has 4 heterocycles. The van der Waals surface area contributed by atoms with Crippen molar-refractivity contribution in [2.24, 2.45) is 0 Å². The van der Waals surface area contributed by atoms with Gasteiger partial charge < -0.3 is 19.4 Å². The molecule has 0 radical (unpaired) electrons. The predicted molar refractivity (Wildman–Crippen MR) is 104 cm³/mol. The molecule has 1 amide bonds. The molecule has 0 aliphatic carbocycles. The molecule has 2 aliphatic heterocycles. The quantitative estimate of drug-likeness (QED) is 0.803. The lowest BCUT2D eigenvalue weighted by Crippen LogP contribution is -2.54. The number of aromatic nitrogens is 2. The van der Waals surface area contributed by atoms with Crippen LogP contribution in [-0.4, -0.2) is 72.8 Å². The van der Waals surface area contributed by atoms with Crippen LogP contribution in [0, 0.1) is 5.82 Å². The lowest BCUT2D eigenvalue weighted by atomic mass is 10.1. The van der Waals surface area contributed by atoms with E-state index >= 15 is 0 Å². The highest BCUT2D eigenvalue weighted by Crippen LogP contribution is 2.20. The van der Waals surface area contributed by atoms with Crippen molar-refractivity contribution >= 4 is 17.5 Å². The molecule has 8 heteroatoms. The molecule has 0 spiro atoms. The van der Waals surface area contributed by atoms with Gasteiger partial charge in [0.1, 0.15) is 17.5 Å². The third-order valence-electron chi connectivity index (χ3n) is 5.25. The summed E-state index contributed by atoms with van der Waals surface area (Å²) in [6.45, 7) is 6.92. The Kier molecular flexibility index (Phi) is 5.38. The van der Waals surface area contributed by atoms with Gasteiger partial charge in [0, 0.05) is 45.0 Å². The van der Waals surface area contributed by atoms with Gasteiger partial charge in [-0.2, -0.15) is 0 Å². The van der Waals surface area contributed by atoms with Crippen molar-refractivity contribution in [3.8, 4) is 0 Å². The maximum Gasteiger partial charge on any atom is 0.255 e. The summed E-state index contributed by atoms with van der Waals surface area (Å²) in [5, 5.41) is 0. The van der Waals surface area contributed by atoms with E-state index in [2.05, 4.69) is 19.8 Å². The number of piperazine rings is 1. The first kappa shape index (κ1) is 18.6. The van der Waals surface area contributed by atoms with E-state index in [0.717, 1.165) is 24.7 Å². The Bertz CT molecular complexity index is 808. The summed E-state index contributed by atoms with van der Waals surface area (Å²) in [4.78, 5) is 27.6. The molecule has 148 valence electrons. The van der Waals surface area contributed by atoms with E-state index in [1.807, 2.05) is 24.0 Å². The molecule has 0 bridgehead atoms. The van der Waals surface area contributed by atoms with Crippen LogP contribution in [0.5, 0.6) is 0 Å². The van der Waals surface area contributed by atoms with E-state index in [1.54, 1.807) is 12.3 Å². The first-order valence-electron chi connectivity index (χ1n) is 9.58. The van der Waals surface area contributed by atoms with Gasteiger partial charge in [-0.15, -0.1) is 0 Å². The zero-order valence-corrected chi connectivity index (χ0v) is 15.9. The SMILES string of the molecule is CC1CN(C(=O)c2ccc(N3CCOCC3)nc2)CCN1c1ccc(F)cn1. The van der Waals surface area contributed by atoms with Gasteiger partial charge >= 0.3 is 0 Å². The number of nitrogens with zero attached hydrogens (tertiary/aromatic N) is 5. The summed E-state index contributed by atoms with van der Waals surface area (Å²) < 4.78 is 18.5. The third kappa shape index (κ3) is 3.91. The summed E-state index contributed by atoms with van der Waals surface area (Å²) >= 11 is 0. The zero-order valence-electron chi connectivity index (χ0n) is 15.9. The van der Waals surface area contributed by atoms with Crippen LogP contribution >= 0.6 is 0 Å². The lowest BCUT2D eigenvalue weighted by molar-refractivity contribution is 0.0725. The molecule has 0 N–H and O–H groups in total. The first-order valence-corrected chi connectivity index (χ1v) is 9.58. The van der Waals surface area contributed by atoms with Gasteiger partial charge in [-0.1, -0.05) is 0 Å².